The van der Waals surface area contributed by atoms with E-state index >= 15 is 0 Å². The fourth-order valence-electron chi connectivity index (χ4n) is 2.54. The van der Waals surface area contributed by atoms with Crippen molar-refractivity contribution in [2.24, 2.45) is 0 Å². The summed E-state index contributed by atoms with van der Waals surface area (Å²) in [7, 11) is 1.99. The van der Waals surface area contributed by atoms with E-state index in [0.717, 1.165) is 28.5 Å². The molecule has 0 saturated carbocycles. The Bertz CT molecular complexity index is 591. The number of aryl methyl sites for hydroxylation is 2. The van der Waals surface area contributed by atoms with Gasteiger partial charge in [-0.3, -0.25) is 4.98 Å². The van der Waals surface area contributed by atoms with Crippen molar-refractivity contribution in [1.29, 1.82) is 0 Å². The van der Waals surface area contributed by atoms with Crippen LogP contribution in [0.25, 0.3) is 10.9 Å². The predicted octanol–water partition coefficient (Wildman–Crippen LogP) is 4.47. The van der Waals surface area contributed by atoms with Crippen molar-refractivity contribution in [3.63, 3.8) is 0 Å². The fourth-order valence-corrected chi connectivity index (χ4v) is 3.05. The van der Waals surface area contributed by atoms with Gasteiger partial charge in [0.25, 0.3) is 0 Å². The smallest absolute Gasteiger partial charge is 0.0758 e. The molecule has 0 saturated heterocycles. The van der Waals surface area contributed by atoms with E-state index in [9.17, 15) is 0 Å². The molecule has 0 aliphatic rings. The van der Waals surface area contributed by atoms with Gasteiger partial charge in [0.15, 0.2) is 0 Å². The van der Waals surface area contributed by atoms with E-state index in [4.69, 9.17) is 4.98 Å². The van der Waals surface area contributed by atoms with E-state index in [0.29, 0.717) is 0 Å². The molecule has 0 spiro atoms. The Hall–Kier alpha value is -1.09. The molecule has 0 atom stereocenters. The third-order valence-corrected chi connectivity index (χ3v) is 3.88. The first-order chi connectivity index (χ1) is 8.62. The van der Waals surface area contributed by atoms with Gasteiger partial charge in [-0.2, -0.15) is 0 Å². The van der Waals surface area contributed by atoms with E-state index in [1.54, 1.807) is 0 Å². The van der Waals surface area contributed by atoms with Crippen molar-refractivity contribution in [2.45, 2.75) is 33.6 Å². The molecular formula is C15H19BrN2. The van der Waals surface area contributed by atoms with Crippen LogP contribution >= 0.6 is 15.9 Å². The molecule has 0 unspecified atom stereocenters. The number of halogens is 1. The van der Waals surface area contributed by atoms with Gasteiger partial charge in [-0.1, -0.05) is 29.8 Å². The predicted molar refractivity (Wildman–Crippen MR) is 82.5 cm³/mol. The van der Waals surface area contributed by atoms with Crippen LogP contribution in [-0.2, 0) is 12.8 Å². The van der Waals surface area contributed by atoms with E-state index < -0.39 is 0 Å². The summed E-state index contributed by atoms with van der Waals surface area (Å²) in [5.41, 5.74) is 6.08. The first-order valence-electron chi connectivity index (χ1n) is 6.41. The SMILES string of the molecule is CCc1c(C)nc2c(CC)cc(Br)cc2c1NC. The van der Waals surface area contributed by atoms with Crippen LogP contribution in [0.5, 0.6) is 0 Å². The minimum atomic E-state index is 0.997. The zero-order valence-electron chi connectivity index (χ0n) is 11.4. The van der Waals surface area contributed by atoms with Gasteiger partial charge in [0.1, 0.15) is 0 Å². The fraction of sp³-hybridized carbons (Fsp3) is 0.400. The highest BCUT2D eigenvalue weighted by atomic mass is 79.9. The average molecular weight is 307 g/mol. The second kappa shape index (κ2) is 5.27. The minimum Gasteiger partial charge on any atom is -0.387 e. The summed E-state index contributed by atoms with van der Waals surface area (Å²) in [6, 6.07) is 4.33. The van der Waals surface area contributed by atoms with Crippen LogP contribution < -0.4 is 5.32 Å². The average Bonchev–Trinajstić information content (AvgIpc) is 2.36. The van der Waals surface area contributed by atoms with Crippen LogP contribution in [0.3, 0.4) is 0 Å². The lowest BCUT2D eigenvalue weighted by Crippen LogP contribution is -2.02. The molecule has 0 bridgehead atoms. The Morgan fingerprint density at radius 1 is 1.22 bits per heavy atom. The van der Waals surface area contributed by atoms with Gasteiger partial charge in [0, 0.05) is 28.3 Å². The summed E-state index contributed by atoms with van der Waals surface area (Å²) in [4.78, 5) is 4.81. The number of nitrogens with zero attached hydrogens (tertiary/aromatic N) is 1. The van der Waals surface area contributed by atoms with Gasteiger partial charge in [0.2, 0.25) is 0 Å². The van der Waals surface area contributed by atoms with Crippen LogP contribution in [0.15, 0.2) is 16.6 Å². The summed E-state index contributed by atoms with van der Waals surface area (Å²) < 4.78 is 1.12. The van der Waals surface area contributed by atoms with Crippen LogP contribution in [-0.4, -0.2) is 12.0 Å². The number of rotatable bonds is 3. The lowest BCUT2D eigenvalue weighted by Gasteiger charge is -2.16. The van der Waals surface area contributed by atoms with Crippen molar-refractivity contribution < 1.29 is 0 Å². The summed E-state index contributed by atoms with van der Waals surface area (Å²) in [6.07, 6.45) is 2.00. The number of hydrogen-bond acceptors (Lipinski definition) is 2. The monoisotopic (exact) mass is 306 g/mol. The number of anilines is 1. The van der Waals surface area contributed by atoms with Gasteiger partial charge in [-0.25, -0.2) is 0 Å². The number of aromatic nitrogens is 1. The Balaban J connectivity index is 2.92. The van der Waals surface area contributed by atoms with Gasteiger partial charge in [0.05, 0.1) is 5.52 Å². The van der Waals surface area contributed by atoms with Crippen LogP contribution in [0.2, 0.25) is 0 Å². The molecule has 0 aliphatic carbocycles. The van der Waals surface area contributed by atoms with Crippen molar-refractivity contribution in [1.82, 2.24) is 4.98 Å². The molecule has 96 valence electrons. The van der Waals surface area contributed by atoms with Crippen LogP contribution in [0.1, 0.15) is 30.7 Å². The Labute approximate surface area is 117 Å². The highest BCUT2D eigenvalue weighted by molar-refractivity contribution is 9.10. The van der Waals surface area contributed by atoms with Crippen molar-refractivity contribution in [3.05, 3.63) is 33.4 Å². The zero-order chi connectivity index (χ0) is 13.3. The number of nitrogens with one attached hydrogen (secondary N) is 1. The molecule has 3 heteroatoms. The molecule has 1 aromatic heterocycles. The van der Waals surface area contributed by atoms with Gasteiger partial charge >= 0.3 is 0 Å². The zero-order valence-corrected chi connectivity index (χ0v) is 13.0. The molecule has 0 fully saturated rings. The Morgan fingerprint density at radius 3 is 2.50 bits per heavy atom. The molecule has 0 radical (unpaired) electrons. The maximum atomic E-state index is 4.81. The topological polar surface area (TPSA) is 24.9 Å². The van der Waals surface area contributed by atoms with Crippen LogP contribution in [0, 0.1) is 6.92 Å². The summed E-state index contributed by atoms with van der Waals surface area (Å²) in [6.45, 7) is 6.45. The largest absolute Gasteiger partial charge is 0.387 e. The molecule has 0 aliphatic heterocycles. The van der Waals surface area contributed by atoms with Crippen molar-refractivity contribution in [2.75, 3.05) is 12.4 Å². The summed E-state index contributed by atoms with van der Waals surface area (Å²) >= 11 is 3.60. The van der Waals surface area contributed by atoms with E-state index in [2.05, 4.69) is 54.2 Å². The maximum Gasteiger partial charge on any atom is 0.0758 e. The Kier molecular flexibility index (Phi) is 3.91. The lowest BCUT2D eigenvalue weighted by atomic mass is 10.0. The second-order valence-corrected chi connectivity index (χ2v) is 5.38. The standard InChI is InChI=1S/C15H19BrN2/c1-5-10-7-11(16)8-13-14(10)18-9(3)12(6-2)15(13)17-4/h7-8H,5-6H2,1-4H3,(H,17,18). The molecule has 2 aromatic rings. The second-order valence-electron chi connectivity index (χ2n) is 4.47. The molecule has 1 heterocycles. The summed E-state index contributed by atoms with van der Waals surface area (Å²) in [5.74, 6) is 0. The van der Waals surface area contributed by atoms with Crippen molar-refractivity contribution in [3.8, 4) is 0 Å². The quantitative estimate of drug-likeness (QED) is 0.905. The number of benzene rings is 1. The first-order valence-corrected chi connectivity index (χ1v) is 7.21. The number of hydrogen-bond donors (Lipinski definition) is 1. The molecular weight excluding hydrogens is 288 g/mol. The molecule has 1 N–H and O–H groups in total. The maximum absolute atomic E-state index is 4.81. The Morgan fingerprint density at radius 2 is 1.94 bits per heavy atom. The minimum absolute atomic E-state index is 0.997. The van der Waals surface area contributed by atoms with Crippen molar-refractivity contribution >= 4 is 32.5 Å². The van der Waals surface area contributed by atoms with Gasteiger partial charge < -0.3 is 5.32 Å². The molecule has 2 nitrogen and oxygen atoms in total. The van der Waals surface area contributed by atoms with Crippen LogP contribution in [0.4, 0.5) is 5.69 Å². The van der Waals surface area contributed by atoms with E-state index in [1.165, 1.54) is 22.2 Å². The lowest BCUT2D eigenvalue weighted by molar-refractivity contribution is 1.06. The first kappa shape index (κ1) is 13.3. The number of pyridine rings is 1. The number of fused-ring (bicyclic) bond motifs is 1. The molecule has 0 amide bonds. The molecule has 18 heavy (non-hydrogen) atoms. The summed E-state index contributed by atoms with van der Waals surface area (Å²) in [5, 5.41) is 4.56. The van der Waals surface area contributed by atoms with E-state index in [-0.39, 0.29) is 0 Å². The highest BCUT2D eigenvalue weighted by Crippen LogP contribution is 2.33. The third kappa shape index (κ3) is 2.12. The third-order valence-electron chi connectivity index (χ3n) is 3.43. The molecule has 2 rings (SSSR count). The normalized spacial score (nSPS) is 10.9. The van der Waals surface area contributed by atoms with Gasteiger partial charge in [-0.15, -0.1) is 0 Å². The van der Waals surface area contributed by atoms with Gasteiger partial charge in [-0.05, 0) is 43.0 Å². The highest BCUT2D eigenvalue weighted by Gasteiger charge is 2.13. The van der Waals surface area contributed by atoms with E-state index in [1.807, 2.05) is 7.05 Å². The molecule has 1 aromatic carbocycles.